The Morgan fingerprint density at radius 2 is 2.00 bits per heavy atom. The summed E-state index contributed by atoms with van der Waals surface area (Å²) in [6.45, 7) is 0. The van der Waals surface area contributed by atoms with Gasteiger partial charge in [-0.15, -0.1) is 0 Å². The normalized spacial score (nSPS) is 11.2. The molecule has 0 saturated heterocycles. The molecule has 10 heteroatoms. The van der Waals surface area contributed by atoms with Crippen molar-refractivity contribution < 1.29 is 14.1 Å². The molecule has 150 valence electrons. The summed E-state index contributed by atoms with van der Waals surface area (Å²) in [5.74, 6) is -0.0245. The van der Waals surface area contributed by atoms with Gasteiger partial charge in [0, 0.05) is 11.6 Å². The summed E-state index contributed by atoms with van der Waals surface area (Å²) >= 11 is 1.33. The Balaban J connectivity index is 1.34. The van der Waals surface area contributed by atoms with Crippen LogP contribution in [-0.2, 0) is 11.2 Å². The zero-order valence-electron chi connectivity index (χ0n) is 15.4. The minimum atomic E-state index is -0.518. The summed E-state index contributed by atoms with van der Waals surface area (Å²) in [6.07, 6.45) is 1.21. The van der Waals surface area contributed by atoms with Gasteiger partial charge in [0.1, 0.15) is 5.76 Å². The molecule has 9 nitrogen and oxygen atoms in total. The van der Waals surface area contributed by atoms with Crippen molar-refractivity contribution in [1.29, 1.82) is 0 Å². The molecule has 0 spiro atoms. The van der Waals surface area contributed by atoms with Gasteiger partial charge < -0.3 is 9.40 Å². The van der Waals surface area contributed by atoms with Gasteiger partial charge in [-0.3, -0.25) is 14.9 Å². The molecule has 0 fully saturated rings. The maximum Gasteiger partial charge on any atom is 0.273 e. The van der Waals surface area contributed by atoms with Crippen LogP contribution in [-0.4, -0.2) is 27.0 Å². The highest BCUT2D eigenvalue weighted by Crippen LogP contribution is 2.28. The van der Waals surface area contributed by atoms with Crippen molar-refractivity contribution in [2.24, 2.45) is 5.10 Å². The van der Waals surface area contributed by atoms with Gasteiger partial charge in [-0.25, -0.2) is 10.4 Å². The highest BCUT2D eigenvalue weighted by atomic mass is 32.2. The minimum Gasteiger partial charge on any atom is -0.448 e. The van der Waals surface area contributed by atoms with Crippen LogP contribution in [0, 0.1) is 10.1 Å². The number of hydrogen-bond acceptors (Lipinski definition) is 7. The quantitative estimate of drug-likeness (QED) is 0.265. The van der Waals surface area contributed by atoms with Crippen LogP contribution in [0.15, 0.2) is 80.4 Å². The van der Waals surface area contributed by atoms with E-state index < -0.39 is 10.8 Å². The summed E-state index contributed by atoms with van der Waals surface area (Å²) in [5.41, 5.74) is 4.37. The fraction of sp³-hybridized carbons (Fsp3) is 0.0500. The van der Waals surface area contributed by atoms with Gasteiger partial charge in [-0.2, -0.15) is 5.10 Å². The third kappa shape index (κ3) is 4.55. The Kier molecular flexibility index (Phi) is 5.57. The first-order chi connectivity index (χ1) is 14.6. The number of nitro benzene ring substituents is 1. The van der Waals surface area contributed by atoms with Gasteiger partial charge in [0.15, 0.2) is 10.2 Å². The van der Waals surface area contributed by atoms with E-state index in [0.29, 0.717) is 21.6 Å². The van der Waals surface area contributed by atoms with Gasteiger partial charge in [0.2, 0.25) is 5.91 Å². The number of benzene rings is 2. The zero-order chi connectivity index (χ0) is 20.9. The van der Waals surface area contributed by atoms with Crippen LogP contribution < -0.4 is 5.43 Å². The van der Waals surface area contributed by atoms with Crippen LogP contribution in [0.2, 0.25) is 0 Å². The van der Waals surface area contributed by atoms with Gasteiger partial charge in [0.05, 0.1) is 28.6 Å². The molecule has 0 aliphatic heterocycles. The van der Waals surface area contributed by atoms with E-state index in [-0.39, 0.29) is 12.1 Å². The van der Waals surface area contributed by atoms with Crippen LogP contribution in [0.5, 0.6) is 0 Å². The predicted molar refractivity (Wildman–Crippen MR) is 111 cm³/mol. The number of hydrazone groups is 1. The number of aromatic nitrogens is 2. The summed E-state index contributed by atoms with van der Waals surface area (Å²) in [4.78, 5) is 30.2. The number of aromatic amines is 1. The number of nitrogens with one attached hydrogen (secondary N) is 2. The first kappa shape index (κ1) is 19.4. The number of H-pyrrole nitrogens is 1. The standard InChI is InChI=1S/C20H15N5O4S/c26-18(11-13-5-1-4-8-17(13)25(27)28)24-21-12-14-9-10-19(29-14)30-20-22-15-6-2-3-7-16(15)23-20/h1-10,12H,11H2,(H,22,23)(H,24,26). The minimum absolute atomic E-state index is 0.102. The van der Waals surface area contributed by atoms with E-state index in [0.717, 1.165) is 11.0 Å². The second-order valence-electron chi connectivity index (χ2n) is 6.17. The van der Waals surface area contributed by atoms with Crippen LogP contribution in [0.1, 0.15) is 11.3 Å². The van der Waals surface area contributed by atoms with Crippen LogP contribution in [0.25, 0.3) is 11.0 Å². The molecule has 0 unspecified atom stereocenters. The van der Waals surface area contributed by atoms with Gasteiger partial charge >= 0.3 is 0 Å². The number of amides is 1. The number of imidazole rings is 1. The first-order valence-electron chi connectivity index (χ1n) is 8.85. The summed E-state index contributed by atoms with van der Waals surface area (Å²) in [6, 6.07) is 17.3. The number of para-hydroxylation sites is 3. The number of rotatable bonds is 7. The molecule has 2 heterocycles. The lowest BCUT2D eigenvalue weighted by Gasteiger charge is -2.01. The molecule has 2 aromatic heterocycles. The average molecular weight is 421 g/mol. The van der Waals surface area contributed by atoms with E-state index in [1.807, 2.05) is 24.3 Å². The Bertz CT molecular complexity index is 1210. The van der Waals surface area contributed by atoms with E-state index in [9.17, 15) is 14.9 Å². The highest BCUT2D eigenvalue weighted by molar-refractivity contribution is 7.99. The number of hydrogen-bond donors (Lipinski definition) is 2. The Morgan fingerprint density at radius 1 is 1.20 bits per heavy atom. The van der Waals surface area contributed by atoms with E-state index in [1.54, 1.807) is 24.3 Å². The maximum atomic E-state index is 12.0. The van der Waals surface area contributed by atoms with Crippen LogP contribution in [0.4, 0.5) is 5.69 Å². The van der Waals surface area contributed by atoms with Crippen molar-refractivity contribution in [2.75, 3.05) is 0 Å². The molecule has 0 radical (unpaired) electrons. The average Bonchev–Trinajstić information content (AvgIpc) is 3.34. The molecule has 4 rings (SSSR count). The van der Waals surface area contributed by atoms with Gasteiger partial charge in [-0.05, 0) is 36.0 Å². The van der Waals surface area contributed by atoms with Gasteiger partial charge in [0.25, 0.3) is 5.69 Å². The van der Waals surface area contributed by atoms with Gasteiger partial charge in [-0.1, -0.05) is 30.3 Å². The van der Waals surface area contributed by atoms with E-state index >= 15 is 0 Å². The molecule has 2 N–H and O–H groups in total. The molecular weight excluding hydrogens is 406 g/mol. The largest absolute Gasteiger partial charge is 0.448 e. The third-order valence-corrected chi connectivity index (χ3v) is 4.89. The summed E-state index contributed by atoms with van der Waals surface area (Å²) < 4.78 is 5.65. The Hall–Kier alpha value is -3.92. The number of furan rings is 1. The molecule has 0 aliphatic rings. The lowest BCUT2D eigenvalue weighted by molar-refractivity contribution is -0.385. The fourth-order valence-corrected chi connectivity index (χ4v) is 3.52. The smallest absolute Gasteiger partial charge is 0.273 e. The topological polar surface area (TPSA) is 126 Å². The molecule has 2 aromatic carbocycles. The van der Waals surface area contributed by atoms with Crippen molar-refractivity contribution in [1.82, 2.24) is 15.4 Å². The second-order valence-corrected chi connectivity index (χ2v) is 7.17. The number of carbonyl (C=O) groups excluding carboxylic acids is 1. The number of carbonyl (C=O) groups is 1. The third-order valence-electron chi connectivity index (χ3n) is 4.09. The lowest BCUT2D eigenvalue weighted by Crippen LogP contribution is -2.20. The zero-order valence-corrected chi connectivity index (χ0v) is 16.3. The van der Waals surface area contributed by atoms with Crippen molar-refractivity contribution in [3.63, 3.8) is 0 Å². The van der Waals surface area contributed by atoms with E-state index in [4.69, 9.17) is 4.42 Å². The van der Waals surface area contributed by atoms with Crippen LogP contribution in [0.3, 0.4) is 0 Å². The van der Waals surface area contributed by atoms with Crippen molar-refractivity contribution in [3.8, 4) is 0 Å². The molecule has 1 amide bonds. The molecule has 0 aliphatic carbocycles. The Labute approximate surface area is 174 Å². The van der Waals surface area contributed by atoms with Crippen molar-refractivity contribution >= 4 is 40.6 Å². The summed E-state index contributed by atoms with van der Waals surface area (Å²) in [5, 5.41) is 16.2. The first-order valence-corrected chi connectivity index (χ1v) is 9.67. The van der Waals surface area contributed by atoms with E-state index in [2.05, 4.69) is 20.5 Å². The number of fused-ring (bicyclic) bond motifs is 1. The van der Waals surface area contributed by atoms with Crippen molar-refractivity contribution in [2.45, 2.75) is 16.7 Å². The predicted octanol–water partition coefficient (Wildman–Crippen LogP) is 3.91. The fourth-order valence-electron chi connectivity index (χ4n) is 2.75. The van der Waals surface area contributed by atoms with E-state index in [1.165, 1.54) is 30.1 Å². The maximum absolute atomic E-state index is 12.0. The molecule has 4 aromatic rings. The highest BCUT2D eigenvalue weighted by Gasteiger charge is 2.15. The van der Waals surface area contributed by atoms with Crippen molar-refractivity contribution in [3.05, 3.63) is 82.1 Å². The molecule has 0 atom stereocenters. The number of nitro groups is 1. The Morgan fingerprint density at radius 3 is 2.83 bits per heavy atom. The second kappa shape index (κ2) is 8.62. The van der Waals surface area contributed by atoms with Crippen LogP contribution >= 0.6 is 11.8 Å². The molecule has 0 bridgehead atoms. The monoisotopic (exact) mass is 421 g/mol. The molecule has 30 heavy (non-hydrogen) atoms. The SMILES string of the molecule is O=C(Cc1ccccc1[N+](=O)[O-])NN=Cc1ccc(Sc2nc3ccccc3[nH]2)o1. The summed E-state index contributed by atoms with van der Waals surface area (Å²) in [7, 11) is 0. The number of nitrogens with zero attached hydrogens (tertiary/aromatic N) is 3. The lowest BCUT2D eigenvalue weighted by atomic mass is 10.1. The molecule has 0 saturated carbocycles. The molecular formula is C20H15N5O4S.